The third-order valence-electron chi connectivity index (χ3n) is 1.89. The molecule has 1 aromatic carbocycles. The van der Waals surface area contributed by atoms with Crippen LogP contribution in [-0.4, -0.2) is 10.2 Å². The summed E-state index contributed by atoms with van der Waals surface area (Å²) >= 11 is 9.13. The molecular weight excluding hydrogens is 313 g/mol. The largest absolute Gasteiger partial charge is 0.307 e. The van der Waals surface area contributed by atoms with Gasteiger partial charge in [0.05, 0.1) is 4.91 Å². The van der Waals surface area contributed by atoms with E-state index in [1.54, 1.807) is 12.1 Å². The summed E-state index contributed by atoms with van der Waals surface area (Å²) in [5.41, 5.74) is 0.366. The van der Waals surface area contributed by atoms with Crippen molar-refractivity contribution in [1.29, 1.82) is 0 Å². The molecule has 1 aliphatic heterocycles. The van der Waals surface area contributed by atoms with Gasteiger partial charge in [0.25, 0.3) is 5.91 Å². The molecule has 0 atom stereocenters. The van der Waals surface area contributed by atoms with Gasteiger partial charge >= 0.3 is 0 Å². The van der Waals surface area contributed by atoms with Crippen LogP contribution in [0.1, 0.15) is 5.56 Å². The van der Waals surface area contributed by atoms with E-state index in [1.807, 2.05) is 0 Å². The van der Waals surface area contributed by atoms with Crippen LogP contribution in [0.25, 0.3) is 6.08 Å². The summed E-state index contributed by atoms with van der Waals surface area (Å²) in [6, 6.07) is 4.66. The van der Waals surface area contributed by atoms with E-state index in [2.05, 4.69) is 21.2 Å². The van der Waals surface area contributed by atoms with Gasteiger partial charge in [0.15, 0.2) is 0 Å². The number of halogens is 2. The van der Waals surface area contributed by atoms with E-state index in [-0.39, 0.29) is 11.7 Å². The molecule has 1 amide bonds. The molecule has 0 bridgehead atoms. The minimum Gasteiger partial charge on any atom is -0.307 e. The van der Waals surface area contributed by atoms with E-state index >= 15 is 0 Å². The highest BCUT2D eigenvalue weighted by molar-refractivity contribution is 9.10. The lowest BCUT2D eigenvalue weighted by molar-refractivity contribution is -0.115. The highest BCUT2D eigenvalue weighted by Crippen LogP contribution is 2.27. The zero-order valence-corrected chi connectivity index (χ0v) is 11.0. The molecule has 0 aliphatic carbocycles. The second-order valence-corrected chi connectivity index (χ2v) is 5.65. The molecule has 2 rings (SSSR count). The van der Waals surface area contributed by atoms with Gasteiger partial charge in [-0.25, -0.2) is 4.39 Å². The minimum atomic E-state index is -0.381. The van der Waals surface area contributed by atoms with E-state index in [9.17, 15) is 9.18 Å². The molecule has 0 aromatic heterocycles. The number of benzene rings is 1. The minimum absolute atomic E-state index is 0.280. The lowest BCUT2D eigenvalue weighted by Crippen LogP contribution is -2.17. The molecule has 1 fully saturated rings. The summed E-state index contributed by atoms with van der Waals surface area (Å²) in [6.45, 7) is 0. The Balaban J connectivity index is 2.36. The molecule has 6 heteroatoms. The predicted molar refractivity (Wildman–Crippen MR) is 70.4 cm³/mol. The van der Waals surface area contributed by atoms with Gasteiger partial charge in [0, 0.05) is 10.0 Å². The summed E-state index contributed by atoms with van der Waals surface area (Å²) in [7, 11) is 0. The van der Waals surface area contributed by atoms with E-state index in [4.69, 9.17) is 12.2 Å². The van der Waals surface area contributed by atoms with Gasteiger partial charge in [-0.3, -0.25) is 4.79 Å². The molecule has 0 spiro atoms. The summed E-state index contributed by atoms with van der Waals surface area (Å²) in [4.78, 5) is 11.8. The van der Waals surface area contributed by atoms with Crippen LogP contribution in [0.15, 0.2) is 27.6 Å². The number of hydrogen-bond donors (Lipinski definition) is 1. The van der Waals surface area contributed by atoms with Crippen LogP contribution >= 0.6 is 39.9 Å². The monoisotopic (exact) mass is 317 g/mol. The Hall–Kier alpha value is -0.720. The van der Waals surface area contributed by atoms with Crippen molar-refractivity contribution in [3.05, 3.63) is 39.0 Å². The maximum absolute atomic E-state index is 13.5. The van der Waals surface area contributed by atoms with Crippen LogP contribution < -0.4 is 5.32 Å². The average molecular weight is 318 g/mol. The van der Waals surface area contributed by atoms with Crippen molar-refractivity contribution in [1.82, 2.24) is 5.32 Å². The van der Waals surface area contributed by atoms with Crippen LogP contribution in [0, 0.1) is 5.82 Å². The van der Waals surface area contributed by atoms with Crippen molar-refractivity contribution in [2.45, 2.75) is 0 Å². The Bertz CT molecular complexity index is 516. The second kappa shape index (κ2) is 4.65. The predicted octanol–water partition coefficient (Wildman–Crippen LogP) is 3.08. The zero-order chi connectivity index (χ0) is 11.7. The number of carbonyl (C=O) groups excluding carboxylic acids is 1. The van der Waals surface area contributed by atoms with E-state index in [1.165, 1.54) is 12.1 Å². The third-order valence-corrected chi connectivity index (χ3v) is 3.55. The zero-order valence-electron chi connectivity index (χ0n) is 7.79. The SMILES string of the molecule is O=C1NC(=S)S/C1=C/c1ccc(Br)cc1F. The smallest absolute Gasteiger partial charge is 0.263 e. The summed E-state index contributed by atoms with van der Waals surface area (Å²) in [5, 5.41) is 2.47. The summed E-state index contributed by atoms with van der Waals surface area (Å²) in [6.07, 6.45) is 1.49. The number of hydrogen-bond acceptors (Lipinski definition) is 3. The van der Waals surface area contributed by atoms with Crippen LogP contribution in [0.5, 0.6) is 0 Å². The fourth-order valence-corrected chi connectivity index (χ4v) is 2.55. The number of rotatable bonds is 1. The molecular formula is C10H5BrFNOS2. The van der Waals surface area contributed by atoms with Gasteiger partial charge in [0.2, 0.25) is 0 Å². The van der Waals surface area contributed by atoms with Crippen molar-refractivity contribution in [3.63, 3.8) is 0 Å². The summed E-state index contributed by atoms with van der Waals surface area (Å²) < 4.78 is 14.5. The molecule has 0 radical (unpaired) electrons. The summed E-state index contributed by atoms with van der Waals surface area (Å²) in [5.74, 6) is -0.662. The maximum atomic E-state index is 13.5. The van der Waals surface area contributed by atoms with Crippen LogP contribution in [-0.2, 0) is 4.79 Å². The highest BCUT2D eigenvalue weighted by Gasteiger charge is 2.22. The van der Waals surface area contributed by atoms with Crippen LogP contribution in [0.4, 0.5) is 4.39 Å². The van der Waals surface area contributed by atoms with Gasteiger partial charge in [0.1, 0.15) is 10.1 Å². The standard InChI is InChI=1S/C10H5BrFNOS2/c11-6-2-1-5(7(12)4-6)3-8-9(14)13-10(15)16-8/h1-4H,(H,13,14,15)/b8-3+. The van der Waals surface area contributed by atoms with Crippen molar-refractivity contribution in [2.24, 2.45) is 0 Å². The Morgan fingerprint density at radius 2 is 2.25 bits per heavy atom. The van der Waals surface area contributed by atoms with Crippen molar-refractivity contribution < 1.29 is 9.18 Å². The molecule has 82 valence electrons. The number of carbonyl (C=O) groups is 1. The first-order valence-electron chi connectivity index (χ1n) is 4.26. The van der Waals surface area contributed by atoms with E-state index < -0.39 is 0 Å². The normalized spacial score (nSPS) is 18.0. The van der Waals surface area contributed by atoms with E-state index in [0.717, 1.165) is 11.8 Å². The molecule has 1 saturated heterocycles. The van der Waals surface area contributed by atoms with Gasteiger partial charge < -0.3 is 5.32 Å². The number of amides is 1. The van der Waals surface area contributed by atoms with Gasteiger partial charge in [-0.15, -0.1) is 0 Å². The molecule has 2 nitrogen and oxygen atoms in total. The molecule has 0 saturated carbocycles. The van der Waals surface area contributed by atoms with Crippen molar-refractivity contribution in [3.8, 4) is 0 Å². The van der Waals surface area contributed by atoms with E-state index in [0.29, 0.717) is 19.3 Å². The quantitative estimate of drug-likeness (QED) is 0.637. The van der Waals surface area contributed by atoms with Crippen molar-refractivity contribution in [2.75, 3.05) is 0 Å². The van der Waals surface area contributed by atoms with Gasteiger partial charge in [-0.2, -0.15) is 0 Å². The molecule has 16 heavy (non-hydrogen) atoms. The van der Waals surface area contributed by atoms with Crippen molar-refractivity contribution >= 4 is 56.2 Å². The topological polar surface area (TPSA) is 29.1 Å². The lowest BCUT2D eigenvalue weighted by Gasteiger charge is -1.98. The van der Waals surface area contributed by atoms with Crippen LogP contribution in [0.3, 0.4) is 0 Å². The molecule has 0 unspecified atom stereocenters. The third kappa shape index (κ3) is 2.50. The first-order valence-corrected chi connectivity index (χ1v) is 6.28. The molecule has 1 aliphatic rings. The Morgan fingerprint density at radius 3 is 2.81 bits per heavy atom. The first kappa shape index (κ1) is 11.8. The average Bonchev–Trinajstić information content (AvgIpc) is 2.50. The lowest BCUT2D eigenvalue weighted by atomic mass is 10.2. The molecule has 1 aromatic rings. The first-order chi connectivity index (χ1) is 7.56. The Morgan fingerprint density at radius 1 is 1.50 bits per heavy atom. The highest BCUT2D eigenvalue weighted by atomic mass is 79.9. The Labute approximate surface area is 109 Å². The maximum Gasteiger partial charge on any atom is 0.263 e. The molecule has 1 heterocycles. The number of thioether (sulfide) groups is 1. The van der Waals surface area contributed by atoms with Gasteiger partial charge in [-0.1, -0.05) is 46.0 Å². The fraction of sp³-hybridized carbons (Fsp3) is 0. The second-order valence-electron chi connectivity index (χ2n) is 3.02. The molecule has 1 N–H and O–H groups in total. The Kier molecular flexibility index (Phi) is 3.41. The number of nitrogens with one attached hydrogen (secondary N) is 1. The number of thiocarbonyl (C=S) groups is 1. The van der Waals surface area contributed by atoms with Crippen LogP contribution in [0.2, 0.25) is 0 Å². The van der Waals surface area contributed by atoms with Gasteiger partial charge in [-0.05, 0) is 18.2 Å². The fourth-order valence-electron chi connectivity index (χ4n) is 1.18.